The topological polar surface area (TPSA) is 75.6 Å². The Labute approximate surface area is 126 Å². The zero-order valence-electron chi connectivity index (χ0n) is 12.7. The minimum absolute atomic E-state index is 0.270. The molecule has 0 bridgehead atoms. The fraction of sp³-hybridized carbons (Fsp3) is 0.875. The van der Waals surface area contributed by atoms with Crippen LogP contribution in [0.1, 0.15) is 64.2 Å². The molecule has 0 saturated heterocycles. The molecule has 0 aromatic carbocycles. The van der Waals surface area contributed by atoms with Crippen LogP contribution in [-0.4, -0.2) is 35.7 Å². The highest BCUT2D eigenvalue weighted by molar-refractivity contribution is 5.84. The summed E-state index contributed by atoms with van der Waals surface area (Å²) in [5.41, 5.74) is -1.37. The molecule has 2 rings (SSSR count). The van der Waals surface area contributed by atoms with E-state index >= 15 is 0 Å². The van der Waals surface area contributed by atoms with Gasteiger partial charge in [-0.1, -0.05) is 25.7 Å². The van der Waals surface area contributed by atoms with Crippen molar-refractivity contribution >= 4 is 11.9 Å². The van der Waals surface area contributed by atoms with Crippen LogP contribution in [0.25, 0.3) is 0 Å². The second kappa shape index (κ2) is 7.78. The Morgan fingerprint density at radius 1 is 1.05 bits per heavy atom. The monoisotopic (exact) mass is 297 g/mol. The van der Waals surface area contributed by atoms with Gasteiger partial charge in [-0.2, -0.15) is 0 Å². The van der Waals surface area contributed by atoms with E-state index in [1.54, 1.807) is 0 Å². The molecule has 2 saturated carbocycles. The molecule has 21 heavy (non-hydrogen) atoms. The number of ether oxygens (including phenoxy) is 1. The summed E-state index contributed by atoms with van der Waals surface area (Å²) in [7, 11) is 0. The smallest absolute Gasteiger partial charge is 0.338 e. The number of hydrogen-bond acceptors (Lipinski definition) is 4. The minimum atomic E-state index is -1.37. The molecule has 0 atom stereocenters. The van der Waals surface area contributed by atoms with E-state index in [-0.39, 0.29) is 12.5 Å². The van der Waals surface area contributed by atoms with E-state index in [1.165, 1.54) is 32.1 Å². The van der Waals surface area contributed by atoms with Gasteiger partial charge in [0, 0.05) is 6.54 Å². The highest BCUT2D eigenvalue weighted by Crippen LogP contribution is 2.29. The van der Waals surface area contributed by atoms with Crippen molar-refractivity contribution < 1.29 is 19.4 Å². The Hall–Kier alpha value is -1.10. The first-order valence-electron chi connectivity index (χ1n) is 8.26. The molecule has 0 heterocycles. The average Bonchev–Trinajstić information content (AvgIpc) is 2.52. The molecule has 0 aliphatic heterocycles. The molecule has 120 valence electrons. The first-order valence-corrected chi connectivity index (χ1v) is 8.26. The van der Waals surface area contributed by atoms with Crippen LogP contribution in [0.5, 0.6) is 0 Å². The maximum Gasteiger partial charge on any atom is 0.338 e. The van der Waals surface area contributed by atoms with Gasteiger partial charge in [-0.25, -0.2) is 4.79 Å². The third kappa shape index (κ3) is 4.99. The summed E-state index contributed by atoms with van der Waals surface area (Å²) in [4.78, 5) is 23.6. The molecule has 2 aliphatic carbocycles. The van der Waals surface area contributed by atoms with Crippen LogP contribution >= 0.6 is 0 Å². The number of hydrogen-bond donors (Lipinski definition) is 2. The van der Waals surface area contributed by atoms with Crippen LogP contribution in [0.3, 0.4) is 0 Å². The van der Waals surface area contributed by atoms with E-state index in [0.717, 1.165) is 19.3 Å². The minimum Gasteiger partial charge on any atom is -0.453 e. The Balaban J connectivity index is 1.64. The van der Waals surface area contributed by atoms with Gasteiger partial charge in [0.1, 0.15) is 0 Å². The SMILES string of the molecule is O=C(COC(=O)C1(O)CCCCC1)NCC1CCCCC1. The largest absolute Gasteiger partial charge is 0.453 e. The third-order valence-electron chi connectivity index (χ3n) is 4.71. The summed E-state index contributed by atoms with van der Waals surface area (Å²) in [6.07, 6.45) is 9.69. The number of amides is 1. The average molecular weight is 297 g/mol. The predicted molar refractivity (Wildman–Crippen MR) is 78.6 cm³/mol. The molecule has 5 nitrogen and oxygen atoms in total. The van der Waals surface area contributed by atoms with E-state index < -0.39 is 11.6 Å². The highest BCUT2D eigenvalue weighted by Gasteiger charge is 2.38. The van der Waals surface area contributed by atoms with Gasteiger partial charge in [0.25, 0.3) is 5.91 Å². The van der Waals surface area contributed by atoms with Crippen molar-refractivity contribution in [1.82, 2.24) is 5.32 Å². The van der Waals surface area contributed by atoms with Crippen molar-refractivity contribution in [2.45, 2.75) is 69.8 Å². The van der Waals surface area contributed by atoms with E-state index in [0.29, 0.717) is 25.3 Å². The lowest BCUT2D eigenvalue weighted by atomic mass is 9.85. The molecule has 0 unspecified atom stereocenters. The maximum atomic E-state index is 11.9. The molecular formula is C16H27NO4. The van der Waals surface area contributed by atoms with E-state index in [4.69, 9.17) is 4.74 Å². The standard InChI is InChI=1S/C16H27NO4/c18-14(17-11-13-7-3-1-4-8-13)12-21-15(19)16(20)9-5-2-6-10-16/h13,20H,1-12H2,(H,17,18). The quantitative estimate of drug-likeness (QED) is 0.760. The first kappa shape index (κ1) is 16.3. The number of nitrogens with one attached hydrogen (secondary N) is 1. The van der Waals surface area contributed by atoms with Crippen molar-refractivity contribution in [1.29, 1.82) is 0 Å². The van der Waals surface area contributed by atoms with Gasteiger partial charge in [0.05, 0.1) is 0 Å². The summed E-state index contributed by atoms with van der Waals surface area (Å²) in [5.74, 6) is -0.357. The normalized spacial score (nSPS) is 22.5. The van der Waals surface area contributed by atoms with E-state index in [1.807, 2.05) is 0 Å². The molecule has 2 aliphatic rings. The fourth-order valence-electron chi connectivity index (χ4n) is 3.31. The molecular weight excluding hydrogens is 270 g/mol. The van der Waals surface area contributed by atoms with Crippen molar-refractivity contribution in [2.24, 2.45) is 5.92 Å². The lowest BCUT2D eigenvalue weighted by Gasteiger charge is -2.29. The third-order valence-corrected chi connectivity index (χ3v) is 4.71. The van der Waals surface area contributed by atoms with Crippen LogP contribution in [0.4, 0.5) is 0 Å². The lowest BCUT2D eigenvalue weighted by molar-refractivity contribution is -0.170. The lowest BCUT2D eigenvalue weighted by Crippen LogP contribution is -2.43. The van der Waals surface area contributed by atoms with Gasteiger partial charge in [-0.3, -0.25) is 4.79 Å². The van der Waals surface area contributed by atoms with Gasteiger partial charge in [-0.15, -0.1) is 0 Å². The number of esters is 1. The Kier molecular flexibility index (Phi) is 6.03. The number of rotatable bonds is 5. The van der Waals surface area contributed by atoms with Crippen molar-refractivity contribution in [3.05, 3.63) is 0 Å². The molecule has 0 aromatic heterocycles. The second-order valence-electron chi connectivity index (χ2n) is 6.48. The van der Waals surface area contributed by atoms with Gasteiger partial charge in [0.15, 0.2) is 12.2 Å². The first-order chi connectivity index (χ1) is 10.1. The molecule has 2 N–H and O–H groups in total. The molecule has 0 spiro atoms. The second-order valence-corrected chi connectivity index (χ2v) is 6.48. The fourth-order valence-corrected chi connectivity index (χ4v) is 3.31. The summed E-state index contributed by atoms with van der Waals surface area (Å²) in [5, 5.41) is 13.0. The summed E-state index contributed by atoms with van der Waals surface area (Å²) >= 11 is 0. The zero-order valence-corrected chi connectivity index (χ0v) is 12.7. The van der Waals surface area contributed by atoms with Crippen molar-refractivity contribution in [2.75, 3.05) is 13.2 Å². The Bertz CT molecular complexity index is 357. The molecule has 0 aromatic rings. The van der Waals surface area contributed by atoms with Gasteiger partial charge in [0.2, 0.25) is 0 Å². The van der Waals surface area contributed by atoms with Crippen LogP contribution < -0.4 is 5.32 Å². The molecule has 2 fully saturated rings. The summed E-state index contributed by atoms with van der Waals surface area (Å²) in [6, 6.07) is 0. The highest BCUT2D eigenvalue weighted by atomic mass is 16.6. The van der Waals surface area contributed by atoms with Crippen LogP contribution in [0, 0.1) is 5.92 Å². The molecule has 0 radical (unpaired) electrons. The number of aliphatic hydroxyl groups is 1. The Morgan fingerprint density at radius 3 is 2.33 bits per heavy atom. The van der Waals surface area contributed by atoms with Crippen molar-refractivity contribution in [3.8, 4) is 0 Å². The molecule has 5 heteroatoms. The number of carbonyl (C=O) groups is 2. The van der Waals surface area contributed by atoms with Crippen molar-refractivity contribution in [3.63, 3.8) is 0 Å². The van der Waals surface area contributed by atoms with E-state index in [2.05, 4.69) is 5.32 Å². The predicted octanol–water partition coefficient (Wildman–Crippen LogP) is 1.92. The summed E-state index contributed by atoms with van der Waals surface area (Å²) in [6.45, 7) is 0.383. The molecule has 1 amide bonds. The zero-order chi connectivity index (χ0) is 15.1. The van der Waals surface area contributed by atoms with Gasteiger partial charge < -0.3 is 15.2 Å². The summed E-state index contributed by atoms with van der Waals surface area (Å²) < 4.78 is 4.99. The number of carbonyl (C=O) groups excluding carboxylic acids is 2. The van der Waals surface area contributed by atoms with E-state index in [9.17, 15) is 14.7 Å². The van der Waals surface area contributed by atoms with Crippen LogP contribution in [0.2, 0.25) is 0 Å². The van der Waals surface area contributed by atoms with Crippen LogP contribution in [-0.2, 0) is 14.3 Å². The van der Waals surface area contributed by atoms with Gasteiger partial charge >= 0.3 is 5.97 Å². The van der Waals surface area contributed by atoms with Crippen LogP contribution in [0.15, 0.2) is 0 Å². The Morgan fingerprint density at radius 2 is 1.67 bits per heavy atom. The van der Waals surface area contributed by atoms with Gasteiger partial charge in [-0.05, 0) is 44.4 Å². The maximum absolute atomic E-state index is 11.9.